The lowest BCUT2D eigenvalue weighted by atomic mass is 9.87. The number of aromatic nitrogens is 1. The molecular weight excluding hydrogens is 574 g/mol. The highest BCUT2D eigenvalue weighted by molar-refractivity contribution is 9.10. The van der Waals surface area contributed by atoms with Crippen LogP contribution in [0.5, 0.6) is 0 Å². The smallest absolute Gasteiger partial charge is 0.0618 e. The lowest BCUT2D eigenvalue weighted by molar-refractivity contribution is 0.589. The molecule has 0 atom stereocenters. The summed E-state index contributed by atoms with van der Waals surface area (Å²) in [6, 6.07) is 50.9. The van der Waals surface area contributed by atoms with Crippen LogP contribution in [-0.4, -0.2) is 4.57 Å². The monoisotopic (exact) mass is 605 g/mol. The fourth-order valence-corrected chi connectivity index (χ4v) is 6.66. The Morgan fingerprint density at radius 2 is 1.02 bits per heavy atom. The van der Waals surface area contributed by atoms with E-state index in [9.17, 15) is 0 Å². The first kappa shape index (κ1) is 26.5. The molecule has 2 heteroatoms. The predicted octanol–water partition coefficient (Wildman–Crippen LogP) is 11.9. The van der Waals surface area contributed by atoms with Gasteiger partial charge in [0.05, 0.1) is 11.0 Å². The summed E-state index contributed by atoms with van der Waals surface area (Å²) >= 11 is 3.89. The first-order valence-corrected chi connectivity index (χ1v) is 15.3. The topological polar surface area (TPSA) is 4.93 Å². The van der Waals surface area contributed by atoms with Gasteiger partial charge in [0.2, 0.25) is 0 Å². The molecule has 7 rings (SSSR count). The van der Waals surface area contributed by atoms with Crippen molar-refractivity contribution in [1.82, 2.24) is 4.57 Å². The zero-order chi connectivity index (χ0) is 28.8. The van der Waals surface area contributed by atoms with Gasteiger partial charge in [0.15, 0.2) is 0 Å². The van der Waals surface area contributed by atoms with Crippen molar-refractivity contribution < 1.29 is 0 Å². The molecule has 0 aliphatic rings. The van der Waals surface area contributed by atoms with Crippen LogP contribution in [0.15, 0.2) is 144 Å². The average Bonchev–Trinajstić information content (AvgIpc) is 3.05. The summed E-state index contributed by atoms with van der Waals surface area (Å²) in [6.07, 6.45) is 0. The quantitative estimate of drug-likeness (QED) is 0.185. The molecule has 0 bridgehead atoms. The first-order valence-electron chi connectivity index (χ1n) is 14.5. The second kappa shape index (κ2) is 10.5. The fraction of sp³-hybridized carbons (Fsp3) is 0.100. The third-order valence-corrected chi connectivity index (χ3v) is 8.68. The van der Waals surface area contributed by atoms with Crippen molar-refractivity contribution >= 4 is 59.3 Å². The number of rotatable bonds is 2. The van der Waals surface area contributed by atoms with E-state index in [-0.39, 0.29) is 5.41 Å². The van der Waals surface area contributed by atoms with E-state index in [1.807, 2.05) is 0 Å². The SMILES string of the molecule is CC(C)(C)c1cc(Br)cc(-n2c3ccccc3c3ccccc3c3ccccc3c3cccc(-c4ccccc4)c32)c1. The van der Waals surface area contributed by atoms with Crippen molar-refractivity contribution in [1.29, 1.82) is 0 Å². The van der Waals surface area contributed by atoms with E-state index < -0.39 is 0 Å². The summed E-state index contributed by atoms with van der Waals surface area (Å²) in [5.74, 6) is 0. The van der Waals surface area contributed by atoms with Crippen LogP contribution in [-0.2, 0) is 5.41 Å². The molecule has 0 spiro atoms. The summed E-state index contributed by atoms with van der Waals surface area (Å²) < 4.78 is 3.56. The molecule has 7 aromatic rings. The molecule has 1 nitrogen and oxygen atoms in total. The van der Waals surface area contributed by atoms with Crippen molar-refractivity contribution in [2.75, 3.05) is 0 Å². The zero-order valence-electron chi connectivity index (χ0n) is 24.1. The van der Waals surface area contributed by atoms with E-state index in [1.165, 1.54) is 54.5 Å². The molecule has 6 aromatic carbocycles. The van der Waals surface area contributed by atoms with E-state index in [4.69, 9.17) is 0 Å². The van der Waals surface area contributed by atoms with Crippen LogP contribution < -0.4 is 0 Å². The van der Waals surface area contributed by atoms with Gasteiger partial charge in [-0.25, -0.2) is 0 Å². The molecule has 0 fully saturated rings. The maximum absolute atomic E-state index is 3.89. The van der Waals surface area contributed by atoms with E-state index in [0.29, 0.717) is 0 Å². The molecular formula is C40H32BrN. The second-order valence-electron chi connectivity index (χ2n) is 12.0. The number of halogens is 1. The number of fused-ring (bicyclic) bond motifs is 7. The Morgan fingerprint density at radius 1 is 0.500 bits per heavy atom. The van der Waals surface area contributed by atoms with Crippen LogP contribution in [0, 0.1) is 0 Å². The van der Waals surface area contributed by atoms with Gasteiger partial charge >= 0.3 is 0 Å². The molecule has 1 aromatic heterocycles. The Morgan fingerprint density at radius 3 is 1.67 bits per heavy atom. The summed E-state index contributed by atoms with van der Waals surface area (Å²) in [5, 5.41) is 7.34. The Labute approximate surface area is 255 Å². The first-order chi connectivity index (χ1) is 20.4. The van der Waals surface area contributed by atoms with Gasteiger partial charge < -0.3 is 4.57 Å². The van der Waals surface area contributed by atoms with Crippen LogP contribution in [0.25, 0.3) is 60.2 Å². The van der Waals surface area contributed by atoms with Crippen LogP contribution in [0.1, 0.15) is 26.3 Å². The van der Waals surface area contributed by atoms with Gasteiger partial charge in [-0.05, 0) is 62.4 Å². The predicted molar refractivity (Wildman–Crippen MR) is 185 cm³/mol. The highest BCUT2D eigenvalue weighted by Gasteiger charge is 2.18. The molecule has 0 unspecified atom stereocenters. The van der Waals surface area contributed by atoms with Gasteiger partial charge in [0.25, 0.3) is 0 Å². The van der Waals surface area contributed by atoms with Gasteiger partial charge in [-0.15, -0.1) is 0 Å². The normalized spacial score (nSPS) is 11.8. The maximum atomic E-state index is 3.89. The number of hydrogen-bond acceptors (Lipinski definition) is 0. The van der Waals surface area contributed by atoms with Gasteiger partial charge in [0, 0.05) is 26.5 Å². The van der Waals surface area contributed by atoms with Crippen molar-refractivity contribution in [2.24, 2.45) is 0 Å². The van der Waals surface area contributed by atoms with E-state index in [2.05, 4.69) is 181 Å². The van der Waals surface area contributed by atoms with Crippen LogP contribution >= 0.6 is 15.9 Å². The molecule has 0 radical (unpaired) electrons. The molecule has 1 heterocycles. The minimum atomic E-state index is -0.0152. The van der Waals surface area contributed by atoms with Gasteiger partial charge in [-0.2, -0.15) is 0 Å². The fourth-order valence-electron chi connectivity index (χ4n) is 6.18. The molecule has 0 aliphatic heterocycles. The Hall–Kier alpha value is -4.40. The van der Waals surface area contributed by atoms with Crippen molar-refractivity contribution in [3.05, 3.63) is 150 Å². The highest BCUT2D eigenvalue weighted by atomic mass is 79.9. The minimum absolute atomic E-state index is 0.0152. The summed E-state index contributed by atoms with van der Waals surface area (Å²) in [6.45, 7) is 6.84. The zero-order valence-corrected chi connectivity index (χ0v) is 25.7. The Kier molecular flexibility index (Phi) is 6.60. The third-order valence-electron chi connectivity index (χ3n) is 8.22. The van der Waals surface area contributed by atoms with Crippen molar-refractivity contribution in [3.63, 3.8) is 0 Å². The maximum Gasteiger partial charge on any atom is 0.0618 e. The number of benzene rings is 6. The van der Waals surface area contributed by atoms with Crippen molar-refractivity contribution in [2.45, 2.75) is 26.2 Å². The number of hydrogen-bond donors (Lipinski definition) is 0. The summed E-state index contributed by atoms with van der Waals surface area (Å²) in [4.78, 5) is 0. The third kappa shape index (κ3) is 4.57. The van der Waals surface area contributed by atoms with Crippen LogP contribution in [0.3, 0.4) is 0 Å². The summed E-state index contributed by atoms with van der Waals surface area (Å²) in [7, 11) is 0. The van der Waals surface area contributed by atoms with E-state index >= 15 is 0 Å². The Bertz CT molecular complexity index is 2180. The molecule has 0 saturated heterocycles. The summed E-state index contributed by atoms with van der Waals surface area (Å²) in [5.41, 5.74) is 7.11. The molecule has 204 valence electrons. The standard InChI is InChI=1S/C40H32BrN/c1-40(2,3)28-24-29(41)26-30(25-28)42-38-23-12-11-20-36(38)34-18-9-7-16-32(34)33-17-8-10-19-35(33)37-22-13-21-31(39(37)42)27-14-5-4-6-15-27/h4-26H,1-3H3. The Balaban J connectivity index is 1.88. The number of para-hydroxylation sites is 2. The molecule has 0 amide bonds. The van der Waals surface area contributed by atoms with E-state index in [1.54, 1.807) is 0 Å². The van der Waals surface area contributed by atoms with Gasteiger partial charge in [0.1, 0.15) is 0 Å². The highest BCUT2D eigenvalue weighted by Crippen LogP contribution is 2.39. The lowest BCUT2D eigenvalue weighted by Crippen LogP contribution is -2.12. The lowest BCUT2D eigenvalue weighted by Gasteiger charge is -2.23. The molecule has 0 aliphatic carbocycles. The minimum Gasteiger partial charge on any atom is -0.309 e. The van der Waals surface area contributed by atoms with Gasteiger partial charge in [-0.3, -0.25) is 0 Å². The molecule has 0 saturated carbocycles. The molecule has 42 heavy (non-hydrogen) atoms. The van der Waals surface area contributed by atoms with E-state index in [0.717, 1.165) is 15.7 Å². The average molecular weight is 607 g/mol. The number of nitrogens with zero attached hydrogens (tertiary/aromatic N) is 1. The largest absolute Gasteiger partial charge is 0.309 e. The van der Waals surface area contributed by atoms with Gasteiger partial charge in [-0.1, -0.05) is 152 Å². The van der Waals surface area contributed by atoms with Crippen LogP contribution in [0.4, 0.5) is 0 Å². The molecule has 0 N–H and O–H groups in total. The van der Waals surface area contributed by atoms with Crippen molar-refractivity contribution in [3.8, 4) is 16.8 Å². The second-order valence-corrected chi connectivity index (χ2v) is 12.9. The van der Waals surface area contributed by atoms with Crippen LogP contribution in [0.2, 0.25) is 0 Å².